The summed E-state index contributed by atoms with van der Waals surface area (Å²) >= 11 is 0. The second kappa shape index (κ2) is 5.67. The van der Waals surface area contributed by atoms with Crippen LogP contribution in [-0.2, 0) is 11.2 Å². The van der Waals surface area contributed by atoms with E-state index >= 15 is 0 Å². The second-order valence-electron chi connectivity index (χ2n) is 4.59. The number of hydrogen-bond donors (Lipinski definition) is 0. The summed E-state index contributed by atoms with van der Waals surface area (Å²) in [6.45, 7) is 1.94. The SMILES string of the molecule is C/C=C/C=C/C(=O)N(C)C1CCc2ccccc21. The number of nitrogens with zero attached hydrogens (tertiary/aromatic N) is 1. The lowest BCUT2D eigenvalue weighted by Gasteiger charge is -2.24. The van der Waals surface area contributed by atoms with Crippen LogP contribution in [0.1, 0.15) is 30.5 Å². The molecule has 1 atom stereocenters. The van der Waals surface area contributed by atoms with E-state index in [1.54, 1.807) is 12.2 Å². The van der Waals surface area contributed by atoms with E-state index in [1.807, 2.05) is 37.1 Å². The molecule has 18 heavy (non-hydrogen) atoms. The normalized spacial score (nSPS) is 18.4. The van der Waals surface area contributed by atoms with Gasteiger partial charge in [-0.1, -0.05) is 42.5 Å². The lowest BCUT2D eigenvalue weighted by molar-refractivity contribution is -0.126. The third kappa shape index (κ3) is 2.53. The number of carbonyl (C=O) groups excluding carboxylic acids is 1. The van der Waals surface area contributed by atoms with E-state index in [1.165, 1.54) is 11.1 Å². The average Bonchev–Trinajstić information content (AvgIpc) is 2.82. The molecule has 2 nitrogen and oxygen atoms in total. The van der Waals surface area contributed by atoms with Gasteiger partial charge in [-0.2, -0.15) is 0 Å². The zero-order valence-electron chi connectivity index (χ0n) is 11.0. The maximum Gasteiger partial charge on any atom is 0.246 e. The van der Waals surface area contributed by atoms with Gasteiger partial charge in [0.1, 0.15) is 0 Å². The third-order valence-electron chi connectivity index (χ3n) is 3.46. The number of amides is 1. The van der Waals surface area contributed by atoms with Gasteiger partial charge in [-0.3, -0.25) is 4.79 Å². The van der Waals surface area contributed by atoms with E-state index in [-0.39, 0.29) is 11.9 Å². The lowest BCUT2D eigenvalue weighted by atomic mass is 10.1. The van der Waals surface area contributed by atoms with Crippen LogP contribution in [0.5, 0.6) is 0 Å². The topological polar surface area (TPSA) is 20.3 Å². The van der Waals surface area contributed by atoms with Crippen LogP contribution in [0.2, 0.25) is 0 Å². The van der Waals surface area contributed by atoms with E-state index in [0.29, 0.717) is 0 Å². The molecule has 1 unspecified atom stereocenters. The Hall–Kier alpha value is -1.83. The quantitative estimate of drug-likeness (QED) is 0.587. The molecule has 0 heterocycles. The minimum absolute atomic E-state index is 0.0646. The average molecular weight is 241 g/mol. The number of allylic oxidation sites excluding steroid dienone is 3. The molecule has 1 aliphatic carbocycles. The highest BCUT2D eigenvalue weighted by atomic mass is 16.2. The Morgan fingerprint density at radius 2 is 2.11 bits per heavy atom. The lowest BCUT2D eigenvalue weighted by Crippen LogP contribution is -2.28. The van der Waals surface area contributed by atoms with Gasteiger partial charge in [0.15, 0.2) is 0 Å². The Labute approximate surface area is 109 Å². The highest BCUT2D eigenvalue weighted by Gasteiger charge is 2.27. The Balaban J connectivity index is 2.11. The molecule has 1 aromatic rings. The molecule has 2 heteroatoms. The van der Waals surface area contributed by atoms with Gasteiger partial charge in [0, 0.05) is 13.1 Å². The van der Waals surface area contributed by atoms with Gasteiger partial charge in [0.2, 0.25) is 5.91 Å². The summed E-state index contributed by atoms with van der Waals surface area (Å²) in [4.78, 5) is 13.9. The van der Waals surface area contributed by atoms with Gasteiger partial charge in [-0.15, -0.1) is 0 Å². The predicted octanol–water partition coefficient (Wildman–Crippen LogP) is 3.26. The molecular formula is C16H19NO. The zero-order chi connectivity index (χ0) is 13.0. The first-order valence-electron chi connectivity index (χ1n) is 6.38. The molecule has 0 saturated heterocycles. The van der Waals surface area contributed by atoms with Crippen molar-refractivity contribution >= 4 is 5.91 Å². The summed E-state index contributed by atoms with van der Waals surface area (Å²) in [5.41, 5.74) is 2.67. The van der Waals surface area contributed by atoms with Gasteiger partial charge in [-0.25, -0.2) is 0 Å². The second-order valence-corrected chi connectivity index (χ2v) is 4.59. The fraction of sp³-hybridized carbons (Fsp3) is 0.312. The van der Waals surface area contributed by atoms with Gasteiger partial charge >= 0.3 is 0 Å². The summed E-state index contributed by atoms with van der Waals surface area (Å²) in [6.07, 6.45) is 9.29. The van der Waals surface area contributed by atoms with Crippen LogP contribution in [0.15, 0.2) is 48.6 Å². The molecular weight excluding hydrogens is 222 g/mol. The van der Waals surface area contributed by atoms with Crippen LogP contribution in [0.25, 0.3) is 0 Å². The number of hydrogen-bond acceptors (Lipinski definition) is 1. The van der Waals surface area contributed by atoms with E-state index in [4.69, 9.17) is 0 Å². The molecule has 94 valence electrons. The number of aryl methyl sites for hydroxylation is 1. The van der Waals surface area contributed by atoms with Crippen molar-refractivity contribution < 1.29 is 4.79 Å². The molecule has 0 radical (unpaired) electrons. The molecule has 0 spiro atoms. The van der Waals surface area contributed by atoms with E-state index in [2.05, 4.69) is 18.2 Å². The Bertz CT molecular complexity index is 488. The number of rotatable bonds is 3. The van der Waals surface area contributed by atoms with Gasteiger partial charge in [0.05, 0.1) is 6.04 Å². The number of fused-ring (bicyclic) bond motifs is 1. The van der Waals surface area contributed by atoms with Crippen LogP contribution >= 0.6 is 0 Å². The van der Waals surface area contributed by atoms with E-state index in [0.717, 1.165) is 12.8 Å². The Morgan fingerprint density at radius 1 is 1.33 bits per heavy atom. The highest BCUT2D eigenvalue weighted by Crippen LogP contribution is 2.34. The summed E-state index contributed by atoms with van der Waals surface area (Å²) in [5.74, 6) is 0.0646. The van der Waals surface area contributed by atoms with Crippen LogP contribution < -0.4 is 0 Å². The Kier molecular flexibility index (Phi) is 3.98. The molecule has 0 fully saturated rings. The van der Waals surface area contributed by atoms with Crippen molar-refractivity contribution in [1.82, 2.24) is 4.90 Å². The molecule has 0 aromatic heterocycles. The predicted molar refractivity (Wildman–Crippen MR) is 74.2 cm³/mol. The number of carbonyl (C=O) groups is 1. The fourth-order valence-corrected chi connectivity index (χ4v) is 2.46. The standard InChI is InChI=1S/C16H19NO/c1-3-4-5-10-16(18)17(2)15-12-11-13-8-6-7-9-14(13)15/h3-10,15H,11-12H2,1-2H3/b4-3+,10-5+. The van der Waals surface area contributed by atoms with Crippen LogP contribution in [0.4, 0.5) is 0 Å². The smallest absolute Gasteiger partial charge is 0.246 e. The number of likely N-dealkylation sites (N-methyl/N-ethyl adjacent to an activating group) is 1. The van der Waals surface area contributed by atoms with E-state index < -0.39 is 0 Å². The third-order valence-corrected chi connectivity index (χ3v) is 3.46. The molecule has 0 aliphatic heterocycles. The minimum Gasteiger partial charge on any atom is -0.335 e. The van der Waals surface area contributed by atoms with Crippen molar-refractivity contribution in [3.63, 3.8) is 0 Å². The first-order valence-corrected chi connectivity index (χ1v) is 6.38. The summed E-state index contributed by atoms with van der Waals surface area (Å²) in [6, 6.07) is 8.62. The molecule has 0 bridgehead atoms. The van der Waals surface area contributed by atoms with Crippen molar-refractivity contribution in [1.29, 1.82) is 0 Å². The zero-order valence-corrected chi connectivity index (χ0v) is 11.0. The van der Waals surface area contributed by atoms with E-state index in [9.17, 15) is 4.79 Å². The minimum atomic E-state index is 0.0646. The van der Waals surface area contributed by atoms with Crippen LogP contribution in [0.3, 0.4) is 0 Å². The maximum atomic E-state index is 12.0. The molecule has 1 aromatic carbocycles. The molecule has 1 amide bonds. The van der Waals surface area contributed by atoms with Gasteiger partial charge in [-0.05, 0) is 30.9 Å². The van der Waals surface area contributed by atoms with Crippen LogP contribution in [-0.4, -0.2) is 17.9 Å². The highest BCUT2D eigenvalue weighted by molar-refractivity contribution is 5.88. The van der Waals surface area contributed by atoms with Crippen LogP contribution in [0, 0.1) is 0 Å². The summed E-state index contributed by atoms with van der Waals surface area (Å²) in [5, 5.41) is 0. The number of benzene rings is 1. The van der Waals surface area contributed by atoms with Crippen molar-refractivity contribution in [3.05, 3.63) is 59.7 Å². The fourth-order valence-electron chi connectivity index (χ4n) is 2.46. The van der Waals surface area contributed by atoms with Crippen molar-refractivity contribution in [2.24, 2.45) is 0 Å². The van der Waals surface area contributed by atoms with Gasteiger partial charge in [0.25, 0.3) is 0 Å². The maximum absolute atomic E-state index is 12.0. The first kappa shape index (κ1) is 12.6. The summed E-state index contributed by atoms with van der Waals surface area (Å²) < 4.78 is 0. The largest absolute Gasteiger partial charge is 0.335 e. The van der Waals surface area contributed by atoms with Crippen molar-refractivity contribution in [3.8, 4) is 0 Å². The monoisotopic (exact) mass is 241 g/mol. The van der Waals surface area contributed by atoms with Crippen molar-refractivity contribution in [2.45, 2.75) is 25.8 Å². The van der Waals surface area contributed by atoms with Crippen molar-refractivity contribution in [2.75, 3.05) is 7.05 Å². The molecule has 1 aliphatic rings. The first-order chi connectivity index (χ1) is 8.74. The summed E-state index contributed by atoms with van der Waals surface area (Å²) in [7, 11) is 1.88. The molecule has 0 saturated carbocycles. The molecule has 0 N–H and O–H groups in total. The Morgan fingerprint density at radius 3 is 2.89 bits per heavy atom. The van der Waals surface area contributed by atoms with Gasteiger partial charge < -0.3 is 4.90 Å². The molecule has 2 rings (SSSR count).